The van der Waals surface area contributed by atoms with Crippen molar-refractivity contribution in [2.75, 3.05) is 0 Å². The molecule has 1 fully saturated rings. The van der Waals surface area contributed by atoms with Crippen LogP contribution in [0, 0.1) is 18.7 Å². The maximum Gasteiger partial charge on any atom is 0.255 e. The maximum absolute atomic E-state index is 13.0. The van der Waals surface area contributed by atoms with Gasteiger partial charge in [0.2, 0.25) is 5.90 Å². The van der Waals surface area contributed by atoms with Crippen molar-refractivity contribution in [3.05, 3.63) is 60.2 Å². The summed E-state index contributed by atoms with van der Waals surface area (Å²) in [6.45, 7) is 7.55. The Morgan fingerprint density at radius 3 is 2.73 bits per heavy atom. The lowest BCUT2D eigenvalue weighted by atomic mass is 10.2. The van der Waals surface area contributed by atoms with Crippen molar-refractivity contribution in [2.24, 2.45) is 10.9 Å². The fourth-order valence-corrected chi connectivity index (χ4v) is 2.68. The highest BCUT2D eigenvalue weighted by Gasteiger charge is 2.29. The van der Waals surface area contributed by atoms with Crippen molar-refractivity contribution in [3.8, 4) is 5.75 Å². The molecule has 6 heteroatoms. The van der Waals surface area contributed by atoms with Gasteiger partial charge in [-0.3, -0.25) is 4.79 Å². The summed E-state index contributed by atoms with van der Waals surface area (Å²) in [6.07, 6.45) is 5.40. The van der Waals surface area contributed by atoms with E-state index in [0.717, 1.165) is 18.5 Å². The van der Waals surface area contributed by atoms with Gasteiger partial charge in [-0.2, -0.15) is 0 Å². The number of aromatic nitrogens is 1. The monoisotopic (exact) mass is 355 g/mol. The van der Waals surface area contributed by atoms with Crippen molar-refractivity contribution >= 4 is 17.5 Å². The van der Waals surface area contributed by atoms with E-state index in [2.05, 4.69) is 21.9 Å². The molecule has 2 N–H and O–H groups in total. The average Bonchev–Trinajstić information content (AvgIpc) is 3.41. The quantitative estimate of drug-likeness (QED) is 0.600. The van der Waals surface area contributed by atoms with E-state index in [1.807, 2.05) is 13.8 Å². The second kappa shape index (κ2) is 7.56. The van der Waals surface area contributed by atoms with Crippen molar-refractivity contribution in [1.82, 2.24) is 10.3 Å². The van der Waals surface area contributed by atoms with Crippen LogP contribution in [-0.2, 0) is 0 Å². The summed E-state index contributed by atoms with van der Waals surface area (Å²) in [5.74, 6) is 0.712. The number of carbonyl (C=O) groups is 1. The van der Waals surface area contributed by atoms with E-state index in [1.165, 1.54) is 30.3 Å². The molecule has 5 nitrogen and oxygen atoms in total. The van der Waals surface area contributed by atoms with E-state index in [9.17, 15) is 9.18 Å². The number of rotatable bonds is 6. The molecule has 3 rings (SSSR count). The van der Waals surface area contributed by atoms with Crippen LogP contribution >= 0.6 is 0 Å². The third-order valence-corrected chi connectivity index (χ3v) is 4.41. The van der Waals surface area contributed by atoms with Gasteiger partial charge in [-0.05, 0) is 62.9 Å². The minimum atomic E-state index is -0.348. The second-order valence-electron chi connectivity index (χ2n) is 6.49. The number of nitrogens with one attached hydrogen (secondary N) is 2. The Hall–Kier alpha value is -2.89. The molecule has 1 aliphatic carbocycles. The number of ether oxygens (including phenoxy) is 1. The summed E-state index contributed by atoms with van der Waals surface area (Å²) in [5, 5.41) is 3.02. The van der Waals surface area contributed by atoms with E-state index >= 15 is 0 Å². The van der Waals surface area contributed by atoms with E-state index in [1.54, 1.807) is 6.20 Å². The smallest absolute Gasteiger partial charge is 0.255 e. The highest BCUT2D eigenvalue weighted by molar-refractivity contribution is 6.01. The summed E-state index contributed by atoms with van der Waals surface area (Å²) < 4.78 is 18.6. The lowest BCUT2D eigenvalue weighted by Gasteiger charge is -2.12. The Balaban J connectivity index is 1.81. The van der Waals surface area contributed by atoms with Crippen LogP contribution in [-0.4, -0.2) is 22.8 Å². The van der Waals surface area contributed by atoms with Gasteiger partial charge < -0.3 is 15.0 Å². The first-order chi connectivity index (χ1) is 12.5. The number of hydrogen-bond donors (Lipinski definition) is 2. The molecule has 1 aromatic carbocycles. The normalized spacial score (nSPS) is 15.4. The van der Waals surface area contributed by atoms with Gasteiger partial charge in [0.25, 0.3) is 5.91 Å². The molecule has 1 aliphatic rings. The molecule has 0 aliphatic heterocycles. The summed E-state index contributed by atoms with van der Waals surface area (Å²) in [6, 6.07) is 5.75. The van der Waals surface area contributed by atoms with E-state index in [0.29, 0.717) is 22.9 Å². The van der Waals surface area contributed by atoms with Crippen LogP contribution in [0.5, 0.6) is 5.75 Å². The summed E-state index contributed by atoms with van der Waals surface area (Å²) in [4.78, 5) is 20.0. The number of aromatic amines is 1. The zero-order valence-electron chi connectivity index (χ0n) is 14.9. The number of H-pyrrole nitrogens is 1. The van der Waals surface area contributed by atoms with Gasteiger partial charge in [0.15, 0.2) is 0 Å². The molecule has 1 atom stereocenters. The zero-order valence-corrected chi connectivity index (χ0v) is 14.9. The minimum Gasteiger partial charge on any atom is -0.439 e. The highest BCUT2D eigenvalue weighted by Crippen LogP contribution is 2.33. The van der Waals surface area contributed by atoms with Crippen molar-refractivity contribution in [1.29, 1.82) is 0 Å². The number of halogens is 1. The van der Waals surface area contributed by atoms with Crippen LogP contribution < -0.4 is 10.1 Å². The molecule has 0 radical (unpaired) electrons. The molecule has 1 unspecified atom stereocenters. The lowest BCUT2D eigenvalue weighted by Crippen LogP contribution is -2.33. The van der Waals surface area contributed by atoms with Gasteiger partial charge in [0.05, 0.1) is 5.56 Å². The van der Waals surface area contributed by atoms with Crippen LogP contribution in [0.15, 0.2) is 48.1 Å². The zero-order chi connectivity index (χ0) is 18.7. The Bertz CT molecular complexity index is 835. The Kier molecular flexibility index (Phi) is 5.21. The van der Waals surface area contributed by atoms with Gasteiger partial charge in [0, 0.05) is 17.9 Å². The van der Waals surface area contributed by atoms with Crippen LogP contribution in [0.25, 0.3) is 0 Å². The predicted molar refractivity (Wildman–Crippen MR) is 99.5 cm³/mol. The second-order valence-corrected chi connectivity index (χ2v) is 6.49. The van der Waals surface area contributed by atoms with Crippen LogP contribution in [0.3, 0.4) is 0 Å². The molecular weight excluding hydrogens is 333 g/mol. The number of aliphatic imine (C=N–C) groups is 1. The van der Waals surface area contributed by atoms with Gasteiger partial charge in [-0.25, -0.2) is 9.38 Å². The van der Waals surface area contributed by atoms with Crippen LogP contribution in [0.1, 0.15) is 35.8 Å². The molecule has 1 heterocycles. The predicted octanol–water partition coefficient (Wildman–Crippen LogP) is 4.29. The van der Waals surface area contributed by atoms with Crippen molar-refractivity contribution in [2.45, 2.75) is 32.7 Å². The number of amides is 1. The number of benzene rings is 1. The average molecular weight is 355 g/mol. The van der Waals surface area contributed by atoms with Gasteiger partial charge in [-0.15, -0.1) is 0 Å². The first kappa shape index (κ1) is 17.9. The minimum absolute atomic E-state index is 0.142. The highest BCUT2D eigenvalue weighted by atomic mass is 19.1. The Morgan fingerprint density at radius 1 is 1.42 bits per heavy atom. The molecule has 1 saturated carbocycles. The van der Waals surface area contributed by atoms with Crippen molar-refractivity contribution in [3.63, 3.8) is 0 Å². The van der Waals surface area contributed by atoms with E-state index < -0.39 is 0 Å². The molecule has 0 saturated heterocycles. The first-order valence-corrected chi connectivity index (χ1v) is 8.61. The Labute approximate surface area is 152 Å². The third kappa shape index (κ3) is 4.20. The topological polar surface area (TPSA) is 66.5 Å². The molecular formula is C20H22FN3O2. The van der Waals surface area contributed by atoms with Crippen LogP contribution in [0.4, 0.5) is 10.1 Å². The summed E-state index contributed by atoms with van der Waals surface area (Å²) in [7, 11) is 0. The molecule has 0 bridgehead atoms. The van der Waals surface area contributed by atoms with Crippen molar-refractivity contribution < 1.29 is 13.9 Å². The van der Waals surface area contributed by atoms with Gasteiger partial charge in [-0.1, -0.05) is 6.58 Å². The molecule has 26 heavy (non-hydrogen) atoms. The summed E-state index contributed by atoms with van der Waals surface area (Å²) >= 11 is 0. The van der Waals surface area contributed by atoms with Gasteiger partial charge >= 0.3 is 0 Å². The molecule has 2 aromatic rings. The molecule has 136 valence electrons. The Morgan fingerprint density at radius 2 is 2.12 bits per heavy atom. The fraction of sp³-hybridized carbons (Fsp3) is 0.300. The number of carbonyl (C=O) groups excluding carboxylic acids is 1. The van der Waals surface area contributed by atoms with E-state index in [-0.39, 0.29) is 23.7 Å². The largest absolute Gasteiger partial charge is 0.439 e. The number of nitrogens with zero attached hydrogens (tertiary/aromatic N) is 1. The maximum atomic E-state index is 13.0. The molecule has 1 amide bonds. The fourth-order valence-electron chi connectivity index (χ4n) is 2.68. The van der Waals surface area contributed by atoms with E-state index in [4.69, 9.17) is 4.74 Å². The SMILES string of the molecule is C=C/C(=N\c1c(C(=O)NC(C)C2CC2)c[nH]c1C)Oc1ccc(F)cc1. The lowest BCUT2D eigenvalue weighted by molar-refractivity contribution is 0.0936. The summed E-state index contributed by atoms with van der Waals surface area (Å²) in [5.41, 5.74) is 1.70. The third-order valence-electron chi connectivity index (χ3n) is 4.41. The molecule has 1 aromatic heterocycles. The van der Waals surface area contributed by atoms with Crippen LogP contribution in [0.2, 0.25) is 0 Å². The van der Waals surface area contributed by atoms with Gasteiger partial charge in [0.1, 0.15) is 17.3 Å². The standard InChI is InChI=1S/C20H22FN3O2/c1-4-18(26-16-9-7-15(21)8-10-16)24-19-13(3)22-11-17(19)20(25)23-12(2)14-5-6-14/h4,7-12,14,22H,1,5-6H2,2-3H3,(H,23,25)/b24-18+. The number of aryl methyl sites for hydroxylation is 1. The number of hydrogen-bond acceptors (Lipinski definition) is 3. The molecule has 0 spiro atoms. The first-order valence-electron chi connectivity index (χ1n) is 8.61.